The zero-order valence-electron chi connectivity index (χ0n) is 29.4. The number of carboxylic acid groups (broad SMARTS) is 1. The number of benzene rings is 1. The molecular formula is C35H52BrN5O8. The number of esters is 1. The third-order valence-corrected chi connectivity index (χ3v) is 8.38. The molecule has 0 bridgehead atoms. The van der Waals surface area contributed by atoms with E-state index in [0.717, 1.165) is 10.0 Å². The molecule has 0 aromatic heterocycles. The molecule has 1 unspecified atom stereocenters. The zero-order valence-corrected chi connectivity index (χ0v) is 31.0. The van der Waals surface area contributed by atoms with Crippen LogP contribution in [0.5, 0.6) is 0 Å². The van der Waals surface area contributed by atoms with Crippen molar-refractivity contribution in [3.63, 3.8) is 0 Å². The summed E-state index contributed by atoms with van der Waals surface area (Å²) in [5.41, 5.74) is 1.51. The third-order valence-electron chi connectivity index (χ3n) is 7.85. The van der Waals surface area contributed by atoms with Crippen LogP contribution in [-0.2, 0) is 28.7 Å². The quantitative estimate of drug-likeness (QED) is 0.120. The number of nitrogens with one attached hydrogen (secondary N) is 4. The van der Waals surface area contributed by atoms with E-state index < -0.39 is 30.1 Å². The number of hydrogen-bond donors (Lipinski definition) is 5. The van der Waals surface area contributed by atoms with Crippen LogP contribution in [0.2, 0.25) is 0 Å². The molecule has 49 heavy (non-hydrogen) atoms. The summed E-state index contributed by atoms with van der Waals surface area (Å²) in [6.45, 7) is 11.7. The van der Waals surface area contributed by atoms with Gasteiger partial charge in [-0.3, -0.25) is 24.1 Å². The minimum Gasteiger partial charge on any atom is -0.481 e. The molecule has 0 spiro atoms. The molecule has 0 saturated carbocycles. The number of amides is 5. The number of halogens is 1. The van der Waals surface area contributed by atoms with Crippen molar-refractivity contribution >= 4 is 51.6 Å². The van der Waals surface area contributed by atoms with E-state index in [1.54, 1.807) is 13.8 Å². The summed E-state index contributed by atoms with van der Waals surface area (Å²) < 4.78 is 6.19. The lowest BCUT2D eigenvalue weighted by Gasteiger charge is -2.35. The molecule has 1 aliphatic heterocycles. The Labute approximate surface area is 297 Å². The Hall–Kier alpha value is -3.94. The number of ether oxygens (including phenoxy) is 1. The molecule has 2 rings (SSSR count). The summed E-state index contributed by atoms with van der Waals surface area (Å²) in [4.78, 5) is 76.9. The van der Waals surface area contributed by atoms with E-state index >= 15 is 0 Å². The summed E-state index contributed by atoms with van der Waals surface area (Å²) in [5, 5.41) is 20.2. The predicted molar refractivity (Wildman–Crippen MR) is 188 cm³/mol. The minimum atomic E-state index is -1.01. The maximum absolute atomic E-state index is 13.2. The van der Waals surface area contributed by atoms with Crippen molar-refractivity contribution in [2.75, 3.05) is 19.7 Å². The van der Waals surface area contributed by atoms with Gasteiger partial charge in [-0.1, -0.05) is 55.8 Å². The number of carbonyl (C=O) groups is 6. The molecule has 0 radical (unpaired) electrons. The minimum absolute atomic E-state index is 0.0103. The summed E-state index contributed by atoms with van der Waals surface area (Å²) in [6, 6.07) is 5.34. The van der Waals surface area contributed by atoms with Gasteiger partial charge in [-0.2, -0.15) is 0 Å². The molecule has 0 fully saturated rings. The maximum Gasteiger partial charge on any atom is 0.338 e. The van der Waals surface area contributed by atoms with E-state index in [1.807, 2.05) is 52.0 Å². The maximum atomic E-state index is 13.2. The SMILES string of the molecule is CCOC(=O)C1=C(C)N(CCCC(=O)N[C@H](CC(=O)N[C@H](CC(=O)NCCC(=O)O)CC(C)C)CC(C)C)C(=O)NC1c1ccc(Br)cc1. The summed E-state index contributed by atoms with van der Waals surface area (Å²) >= 11 is 3.41. The van der Waals surface area contributed by atoms with Gasteiger partial charge >= 0.3 is 18.0 Å². The average Bonchev–Trinajstić information content (AvgIpc) is 2.98. The molecule has 0 saturated heterocycles. The van der Waals surface area contributed by atoms with Gasteiger partial charge in [-0.15, -0.1) is 0 Å². The lowest BCUT2D eigenvalue weighted by molar-refractivity contribution is -0.139. The van der Waals surface area contributed by atoms with E-state index in [9.17, 15) is 28.8 Å². The molecule has 0 aliphatic carbocycles. The predicted octanol–water partition coefficient (Wildman–Crippen LogP) is 4.57. The summed E-state index contributed by atoms with van der Waals surface area (Å²) in [7, 11) is 0. The number of allylic oxidation sites excluding steroid dienone is 1. The first kappa shape index (κ1) is 41.2. The van der Waals surface area contributed by atoms with Gasteiger partial charge in [0.2, 0.25) is 17.7 Å². The second-order valence-electron chi connectivity index (χ2n) is 13.1. The normalized spacial score (nSPS) is 15.8. The molecule has 5 amide bonds. The fraction of sp³-hybridized carbons (Fsp3) is 0.600. The second-order valence-corrected chi connectivity index (χ2v) is 14.0. The van der Waals surface area contributed by atoms with Gasteiger partial charge in [0.25, 0.3) is 0 Å². The molecule has 272 valence electrons. The highest BCUT2D eigenvalue weighted by Gasteiger charge is 2.36. The van der Waals surface area contributed by atoms with Crippen LogP contribution in [0, 0.1) is 11.8 Å². The number of carbonyl (C=O) groups excluding carboxylic acids is 5. The van der Waals surface area contributed by atoms with Crippen molar-refractivity contribution < 1.29 is 38.6 Å². The van der Waals surface area contributed by atoms with E-state index in [0.29, 0.717) is 30.5 Å². The Morgan fingerprint density at radius 2 is 1.49 bits per heavy atom. The number of hydrogen-bond acceptors (Lipinski definition) is 7. The average molecular weight is 751 g/mol. The van der Waals surface area contributed by atoms with Crippen molar-refractivity contribution in [3.05, 3.63) is 45.6 Å². The highest BCUT2D eigenvalue weighted by atomic mass is 79.9. The smallest absolute Gasteiger partial charge is 0.338 e. The molecule has 1 aromatic carbocycles. The van der Waals surface area contributed by atoms with Crippen LogP contribution in [0.1, 0.15) is 98.1 Å². The zero-order chi connectivity index (χ0) is 36.7. The third kappa shape index (κ3) is 14.6. The number of rotatable bonds is 20. The van der Waals surface area contributed by atoms with Crippen molar-refractivity contribution in [2.45, 2.75) is 105 Å². The van der Waals surface area contributed by atoms with E-state index in [1.165, 1.54) is 4.90 Å². The Bertz CT molecular complexity index is 1350. The summed E-state index contributed by atoms with van der Waals surface area (Å²) in [6.07, 6.45) is 1.36. The van der Waals surface area contributed by atoms with Gasteiger partial charge < -0.3 is 31.1 Å². The molecule has 1 aliphatic rings. The Balaban J connectivity index is 2.04. The van der Waals surface area contributed by atoms with Crippen molar-refractivity contribution in [2.24, 2.45) is 11.8 Å². The first-order valence-electron chi connectivity index (χ1n) is 16.9. The number of urea groups is 1. The highest BCUT2D eigenvalue weighted by Crippen LogP contribution is 2.32. The lowest BCUT2D eigenvalue weighted by Crippen LogP contribution is -2.48. The van der Waals surface area contributed by atoms with Crippen LogP contribution >= 0.6 is 15.9 Å². The fourth-order valence-electron chi connectivity index (χ4n) is 5.77. The van der Waals surface area contributed by atoms with Crippen LogP contribution in [0.25, 0.3) is 0 Å². The van der Waals surface area contributed by atoms with Gasteiger partial charge in [-0.25, -0.2) is 9.59 Å². The van der Waals surface area contributed by atoms with E-state index in [4.69, 9.17) is 9.84 Å². The molecule has 13 nitrogen and oxygen atoms in total. The Morgan fingerprint density at radius 1 is 0.918 bits per heavy atom. The van der Waals surface area contributed by atoms with Crippen LogP contribution in [0.15, 0.2) is 40.0 Å². The summed E-state index contributed by atoms with van der Waals surface area (Å²) in [5.74, 6) is -2.06. The first-order valence-corrected chi connectivity index (χ1v) is 17.7. The standard InChI is InChI=1S/C35H52BrN5O8/c1-7-49-34(47)32-23(6)41(35(48)40-33(32)24-10-12-25(36)13-11-24)16-8-9-28(42)38-27(18-22(4)5)20-30(44)39-26(17-21(2)3)19-29(43)37-15-14-31(45)46/h10-13,21-22,26-27,33H,7-9,14-20H2,1-6H3,(H,37,43)(H,38,42)(H,39,44)(H,40,48)(H,45,46)/t26-,27-,33?/m0/s1. The first-order chi connectivity index (χ1) is 23.1. The fourth-order valence-corrected chi connectivity index (χ4v) is 6.03. The second kappa shape index (κ2) is 20.5. The van der Waals surface area contributed by atoms with Crippen LogP contribution in [-0.4, -0.2) is 77.5 Å². The van der Waals surface area contributed by atoms with Gasteiger partial charge in [0.05, 0.1) is 24.6 Å². The Morgan fingerprint density at radius 3 is 2.04 bits per heavy atom. The largest absolute Gasteiger partial charge is 0.481 e. The van der Waals surface area contributed by atoms with Crippen molar-refractivity contribution in [1.82, 2.24) is 26.2 Å². The molecule has 3 atom stereocenters. The van der Waals surface area contributed by atoms with Crippen LogP contribution < -0.4 is 21.3 Å². The van der Waals surface area contributed by atoms with Crippen molar-refractivity contribution in [1.29, 1.82) is 0 Å². The van der Waals surface area contributed by atoms with Gasteiger partial charge in [0.15, 0.2) is 0 Å². The van der Waals surface area contributed by atoms with Gasteiger partial charge in [-0.05, 0) is 62.6 Å². The molecule has 1 aromatic rings. The van der Waals surface area contributed by atoms with Gasteiger partial charge in [0.1, 0.15) is 0 Å². The van der Waals surface area contributed by atoms with Crippen LogP contribution in [0.3, 0.4) is 0 Å². The number of carboxylic acids is 1. The van der Waals surface area contributed by atoms with Crippen LogP contribution in [0.4, 0.5) is 4.79 Å². The molecule has 1 heterocycles. The monoisotopic (exact) mass is 749 g/mol. The number of aliphatic carboxylic acids is 1. The van der Waals surface area contributed by atoms with E-state index in [2.05, 4.69) is 37.2 Å². The molecule has 14 heteroatoms. The lowest BCUT2D eigenvalue weighted by atomic mass is 9.95. The van der Waals surface area contributed by atoms with E-state index in [-0.39, 0.29) is 81.0 Å². The molecule has 5 N–H and O–H groups in total. The Kier molecular flexibility index (Phi) is 17.3. The molecular weight excluding hydrogens is 698 g/mol. The topological polar surface area (TPSA) is 183 Å². The highest BCUT2D eigenvalue weighted by molar-refractivity contribution is 9.10. The number of nitrogens with zero attached hydrogens (tertiary/aromatic N) is 1. The van der Waals surface area contributed by atoms with Crippen molar-refractivity contribution in [3.8, 4) is 0 Å². The van der Waals surface area contributed by atoms with Gasteiger partial charge in [0, 0.05) is 54.6 Å².